The fourth-order valence-electron chi connectivity index (χ4n) is 2.27. The van der Waals surface area contributed by atoms with Gasteiger partial charge in [0.2, 0.25) is 5.91 Å². The SMILES string of the molecule is CNC(=O)C1CCCN1c1cccc(C#N)c1. The molecule has 0 aliphatic carbocycles. The van der Waals surface area contributed by atoms with Crippen molar-refractivity contribution in [1.82, 2.24) is 5.32 Å². The van der Waals surface area contributed by atoms with Crippen LogP contribution in [0, 0.1) is 11.3 Å². The number of carbonyl (C=O) groups excluding carboxylic acids is 1. The summed E-state index contributed by atoms with van der Waals surface area (Å²) in [5.41, 5.74) is 1.58. The fraction of sp³-hybridized carbons (Fsp3) is 0.385. The molecule has 0 saturated carbocycles. The van der Waals surface area contributed by atoms with Crippen molar-refractivity contribution < 1.29 is 4.79 Å². The molecular formula is C13H15N3O. The van der Waals surface area contributed by atoms with E-state index in [4.69, 9.17) is 5.26 Å². The summed E-state index contributed by atoms with van der Waals surface area (Å²) in [5.74, 6) is 0.0462. The highest BCUT2D eigenvalue weighted by Crippen LogP contribution is 2.26. The average Bonchev–Trinajstić information content (AvgIpc) is 2.87. The van der Waals surface area contributed by atoms with E-state index in [0.29, 0.717) is 5.56 Å². The number of nitriles is 1. The zero-order chi connectivity index (χ0) is 12.3. The predicted molar refractivity (Wildman–Crippen MR) is 65.6 cm³/mol. The van der Waals surface area contributed by atoms with Crippen LogP contribution in [-0.4, -0.2) is 25.5 Å². The van der Waals surface area contributed by atoms with Gasteiger partial charge in [-0.15, -0.1) is 0 Å². The molecule has 1 heterocycles. The molecule has 88 valence electrons. The van der Waals surface area contributed by atoms with E-state index in [1.54, 1.807) is 13.1 Å². The molecule has 1 aromatic rings. The van der Waals surface area contributed by atoms with Gasteiger partial charge < -0.3 is 10.2 Å². The summed E-state index contributed by atoms with van der Waals surface area (Å²) >= 11 is 0. The highest BCUT2D eigenvalue weighted by Gasteiger charge is 2.30. The lowest BCUT2D eigenvalue weighted by Gasteiger charge is -2.25. The molecule has 0 spiro atoms. The van der Waals surface area contributed by atoms with E-state index < -0.39 is 0 Å². The number of likely N-dealkylation sites (N-methyl/N-ethyl adjacent to an activating group) is 1. The molecule has 0 radical (unpaired) electrons. The van der Waals surface area contributed by atoms with Crippen molar-refractivity contribution in [2.75, 3.05) is 18.5 Å². The molecule has 1 unspecified atom stereocenters. The number of hydrogen-bond acceptors (Lipinski definition) is 3. The predicted octanol–water partition coefficient (Wildman–Crippen LogP) is 1.27. The number of benzene rings is 1. The molecule has 1 saturated heterocycles. The topological polar surface area (TPSA) is 56.1 Å². The average molecular weight is 229 g/mol. The van der Waals surface area contributed by atoms with Crippen molar-refractivity contribution in [1.29, 1.82) is 5.26 Å². The van der Waals surface area contributed by atoms with Crippen LogP contribution in [0.5, 0.6) is 0 Å². The molecule has 2 rings (SSSR count). The Morgan fingerprint density at radius 1 is 1.59 bits per heavy atom. The van der Waals surface area contributed by atoms with Gasteiger partial charge in [0, 0.05) is 19.3 Å². The number of amides is 1. The maximum absolute atomic E-state index is 11.7. The van der Waals surface area contributed by atoms with Crippen LogP contribution in [0.4, 0.5) is 5.69 Å². The minimum atomic E-state index is -0.103. The molecule has 1 aliphatic heterocycles. The fourth-order valence-corrected chi connectivity index (χ4v) is 2.27. The number of rotatable bonds is 2. The summed E-state index contributed by atoms with van der Waals surface area (Å²) in [6.45, 7) is 0.868. The Morgan fingerprint density at radius 2 is 2.41 bits per heavy atom. The van der Waals surface area contributed by atoms with Crippen LogP contribution in [0.25, 0.3) is 0 Å². The third kappa shape index (κ3) is 2.23. The summed E-state index contributed by atoms with van der Waals surface area (Å²) in [6, 6.07) is 9.43. The van der Waals surface area contributed by atoms with Gasteiger partial charge in [-0.25, -0.2) is 0 Å². The Balaban J connectivity index is 2.26. The number of nitrogens with one attached hydrogen (secondary N) is 1. The monoisotopic (exact) mass is 229 g/mol. The highest BCUT2D eigenvalue weighted by molar-refractivity contribution is 5.85. The molecule has 0 aromatic heterocycles. The minimum absolute atomic E-state index is 0.0462. The number of anilines is 1. The number of carbonyl (C=O) groups is 1. The Labute approximate surface area is 101 Å². The third-order valence-corrected chi connectivity index (χ3v) is 3.11. The van der Waals surface area contributed by atoms with Crippen LogP contribution in [0.2, 0.25) is 0 Å². The van der Waals surface area contributed by atoms with Crippen molar-refractivity contribution in [2.24, 2.45) is 0 Å². The van der Waals surface area contributed by atoms with Gasteiger partial charge in [-0.1, -0.05) is 6.07 Å². The summed E-state index contributed by atoms with van der Waals surface area (Å²) in [6.07, 6.45) is 1.88. The first-order chi connectivity index (χ1) is 8.26. The smallest absolute Gasteiger partial charge is 0.242 e. The molecule has 1 aliphatic rings. The second kappa shape index (κ2) is 4.88. The lowest BCUT2D eigenvalue weighted by molar-refractivity contribution is -0.121. The van der Waals surface area contributed by atoms with E-state index in [1.165, 1.54) is 0 Å². The Kier molecular flexibility index (Phi) is 3.29. The first-order valence-corrected chi connectivity index (χ1v) is 5.74. The van der Waals surface area contributed by atoms with Crippen molar-refractivity contribution in [3.8, 4) is 6.07 Å². The van der Waals surface area contributed by atoms with Gasteiger partial charge in [0.05, 0.1) is 11.6 Å². The normalized spacial score (nSPS) is 18.8. The molecule has 1 fully saturated rings. The van der Waals surface area contributed by atoms with Crippen molar-refractivity contribution in [3.63, 3.8) is 0 Å². The van der Waals surface area contributed by atoms with E-state index in [0.717, 1.165) is 25.1 Å². The van der Waals surface area contributed by atoms with Crippen LogP contribution in [0.15, 0.2) is 24.3 Å². The van der Waals surface area contributed by atoms with E-state index in [1.807, 2.05) is 18.2 Å². The van der Waals surface area contributed by atoms with Gasteiger partial charge >= 0.3 is 0 Å². The second-order valence-corrected chi connectivity index (χ2v) is 4.13. The molecule has 0 bridgehead atoms. The van der Waals surface area contributed by atoms with E-state index in [2.05, 4.69) is 16.3 Å². The molecule has 17 heavy (non-hydrogen) atoms. The molecule has 1 amide bonds. The molecule has 1 aromatic carbocycles. The molecule has 1 atom stereocenters. The van der Waals surface area contributed by atoms with Crippen molar-refractivity contribution in [3.05, 3.63) is 29.8 Å². The van der Waals surface area contributed by atoms with Crippen LogP contribution >= 0.6 is 0 Å². The Morgan fingerprint density at radius 3 is 3.12 bits per heavy atom. The Bertz CT molecular complexity index is 464. The summed E-state index contributed by atoms with van der Waals surface area (Å²) < 4.78 is 0. The van der Waals surface area contributed by atoms with E-state index in [-0.39, 0.29) is 11.9 Å². The van der Waals surface area contributed by atoms with E-state index in [9.17, 15) is 4.79 Å². The molecule has 4 heteroatoms. The standard InChI is InChI=1S/C13H15N3O/c1-15-13(17)12-6-3-7-16(12)11-5-2-4-10(8-11)9-14/h2,4-5,8,12H,3,6-7H2,1H3,(H,15,17). The zero-order valence-electron chi connectivity index (χ0n) is 9.81. The van der Waals surface area contributed by atoms with Gasteiger partial charge in [-0.05, 0) is 31.0 Å². The summed E-state index contributed by atoms with van der Waals surface area (Å²) in [5, 5.41) is 11.6. The van der Waals surface area contributed by atoms with Crippen LogP contribution in [0.3, 0.4) is 0 Å². The maximum Gasteiger partial charge on any atom is 0.242 e. The first kappa shape index (κ1) is 11.5. The lowest BCUT2D eigenvalue weighted by Crippen LogP contribution is -2.42. The van der Waals surface area contributed by atoms with Crippen LogP contribution in [0.1, 0.15) is 18.4 Å². The van der Waals surface area contributed by atoms with Gasteiger partial charge in [-0.3, -0.25) is 4.79 Å². The molecule has 4 nitrogen and oxygen atoms in total. The quantitative estimate of drug-likeness (QED) is 0.831. The summed E-state index contributed by atoms with van der Waals surface area (Å²) in [7, 11) is 1.66. The molecular weight excluding hydrogens is 214 g/mol. The highest BCUT2D eigenvalue weighted by atomic mass is 16.2. The van der Waals surface area contributed by atoms with Crippen LogP contribution < -0.4 is 10.2 Å². The lowest BCUT2D eigenvalue weighted by atomic mass is 10.1. The number of hydrogen-bond donors (Lipinski definition) is 1. The Hall–Kier alpha value is -2.02. The van der Waals surface area contributed by atoms with Gasteiger partial charge in [0.1, 0.15) is 6.04 Å². The van der Waals surface area contributed by atoms with E-state index >= 15 is 0 Å². The number of nitrogens with zero attached hydrogens (tertiary/aromatic N) is 2. The van der Waals surface area contributed by atoms with Crippen LogP contribution in [-0.2, 0) is 4.79 Å². The zero-order valence-corrected chi connectivity index (χ0v) is 9.81. The maximum atomic E-state index is 11.7. The largest absolute Gasteiger partial charge is 0.359 e. The van der Waals surface area contributed by atoms with Crippen molar-refractivity contribution in [2.45, 2.75) is 18.9 Å². The molecule has 1 N–H and O–H groups in total. The third-order valence-electron chi connectivity index (χ3n) is 3.11. The van der Waals surface area contributed by atoms with Gasteiger partial charge in [0.15, 0.2) is 0 Å². The second-order valence-electron chi connectivity index (χ2n) is 4.13. The first-order valence-electron chi connectivity index (χ1n) is 5.74. The van der Waals surface area contributed by atoms with Gasteiger partial charge in [0.25, 0.3) is 0 Å². The summed E-state index contributed by atoms with van der Waals surface area (Å²) in [4.78, 5) is 13.8. The van der Waals surface area contributed by atoms with Gasteiger partial charge in [-0.2, -0.15) is 5.26 Å². The minimum Gasteiger partial charge on any atom is -0.359 e. The van der Waals surface area contributed by atoms with Crippen molar-refractivity contribution >= 4 is 11.6 Å².